The number of alkyl halides is 2. The molecule has 0 spiro atoms. The van der Waals surface area contributed by atoms with Crippen molar-refractivity contribution in [1.82, 2.24) is 14.3 Å². The molecule has 2 heterocycles. The maximum Gasteiger partial charge on any atom is 0.355 e. The summed E-state index contributed by atoms with van der Waals surface area (Å²) in [5.41, 5.74) is -0.967. The van der Waals surface area contributed by atoms with Crippen LogP contribution in [0.1, 0.15) is 24.9 Å². The van der Waals surface area contributed by atoms with Crippen LogP contribution in [-0.2, 0) is 6.42 Å². The molecule has 0 aliphatic carbocycles. The first-order valence-electron chi connectivity index (χ1n) is 6.45. The number of fused-ring (bicyclic) bond motifs is 1. The molecule has 0 N–H and O–H groups in total. The first-order chi connectivity index (χ1) is 10.3. The smallest absolute Gasteiger partial charge is 0.355 e. The number of hydrogen-bond acceptors (Lipinski definition) is 3. The summed E-state index contributed by atoms with van der Waals surface area (Å²) in [7, 11) is 0. The number of rotatable bonds is 2. The predicted octanol–water partition coefficient (Wildman–Crippen LogP) is 2.85. The lowest BCUT2D eigenvalue weighted by Gasteiger charge is -2.09. The molecule has 2 aromatic rings. The number of hydrogen-bond donors (Lipinski definition) is 0. The van der Waals surface area contributed by atoms with Crippen LogP contribution in [0, 0.1) is 12.7 Å². The molecule has 0 fully saturated rings. The minimum absolute atomic E-state index is 0.0682. The number of aryl methyl sites for hydroxylation is 1. The van der Waals surface area contributed by atoms with Gasteiger partial charge in [0.25, 0.3) is 0 Å². The van der Waals surface area contributed by atoms with E-state index in [0.29, 0.717) is 16.7 Å². The Morgan fingerprint density at radius 3 is 2.77 bits per heavy atom. The van der Waals surface area contributed by atoms with Gasteiger partial charge in [0.05, 0.1) is 5.02 Å². The summed E-state index contributed by atoms with van der Waals surface area (Å²) in [4.78, 5) is 12.1. The van der Waals surface area contributed by atoms with Gasteiger partial charge in [-0.15, -0.1) is 5.10 Å². The van der Waals surface area contributed by atoms with Crippen LogP contribution < -0.4 is 10.4 Å². The third kappa shape index (κ3) is 2.09. The molecule has 9 heteroatoms. The summed E-state index contributed by atoms with van der Waals surface area (Å²) < 4.78 is 46.4. The molecular weight excluding hydrogens is 323 g/mol. The Balaban J connectivity index is 2.30. The second-order valence-corrected chi connectivity index (χ2v) is 5.43. The lowest BCUT2D eigenvalue weighted by atomic mass is 10.1. The SMILES string of the molecule is Cc1nn(-c2c(F)cc(Cl)c3c2CC(C)O3)c(=O)n1C(F)F. The Bertz CT molecular complexity index is 816. The lowest BCUT2D eigenvalue weighted by Crippen LogP contribution is -2.26. The van der Waals surface area contributed by atoms with Crippen molar-refractivity contribution in [2.24, 2.45) is 0 Å². The van der Waals surface area contributed by atoms with Gasteiger partial charge in [0.2, 0.25) is 0 Å². The van der Waals surface area contributed by atoms with Crippen LogP contribution in [-0.4, -0.2) is 20.5 Å². The quantitative estimate of drug-likeness (QED) is 0.849. The number of aromatic nitrogens is 3. The third-order valence-corrected chi connectivity index (χ3v) is 3.74. The van der Waals surface area contributed by atoms with Gasteiger partial charge in [0.1, 0.15) is 23.4 Å². The van der Waals surface area contributed by atoms with Crippen molar-refractivity contribution in [1.29, 1.82) is 0 Å². The van der Waals surface area contributed by atoms with Gasteiger partial charge in [-0.2, -0.15) is 13.5 Å². The van der Waals surface area contributed by atoms with Gasteiger partial charge < -0.3 is 4.74 Å². The summed E-state index contributed by atoms with van der Waals surface area (Å²) in [6.45, 7) is -0.0547. The van der Waals surface area contributed by atoms with Gasteiger partial charge in [-0.1, -0.05) is 11.6 Å². The average Bonchev–Trinajstić information content (AvgIpc) is 2.91. The molecule has 0 saturated heterocycles. The second kappa shape index (κ2) is 5.05. The van der Waals surface area contributed by atoms with E-state index in [1.165, 1.54) is 6.92 Å². The summed E-state index contributed by atoms with van der Waals surface area (Å²) in [5, 5.41) is 3.81. The molecule has 1 aliphatic heterocycles. The number of benzene rings is 1. The molecule has 1 aromatic carbocycles. The molecule has 1 aliphatic rings. The minimum Gasteiger partial charge on any atom is -0.488 e. The van der Waals surface area contributed by atoms with E-state index in [0.717, 1.165) is 6.07 Å². The average molecular weight is 334 g/mol. The van der Waals surface area contributed by atoms with Crippen LogP contribution in [0.15, 0.2) is 10.9 Å². The Hall–Kier alpha value is -1.96. The van der Waals surface area contributed by atoms with Crippen molar-refractivity contribution < 1.29 is 17.9 Å². The highest BCUT2D eigenvalue weighted by Gasteiger charge is 2.31. The van der Waals surface area contributed by atoms with Crippen LogP contribution in [0.2, 0.25) is 5.02 Å². The van der Waals surface area contributed by atoms with Gasteiger partial charge in [-0.25, -0.2) is 13.8 Å². The number of ether oxygens (including phenoxy) is 1. The highest BCUT2D eigenvalue weighted by molar-refractivity contribution is 6.32. The fraction of sp³-hybridized carbons (Fsp3) is 0.385. The highest BCUT2D eigenvalue weighted by Crippen LogP contribution is 2.40. The molecule has 3 rings (SSSR count). The first-order valence-corrected chi connectivity index (χ1v) is 6.83. The largest absolute Gasteiger partial charge is 0.488 e. The molecule has 118 valence electrons. The van der Waals surface area contributed by atoms with Crippen molar-refractivity contribution in [2.75, 3.05) is 0 Å². The van der Waals surface area contributed by atoms with Crippen molar-refractivity contribution >= 4 is 11.6 Å². The number of nitrogens with zero attached hydrogens (tertiary/aromatic N) is 3. The molecule has 1 atom stereocenters. The lowest BCUT2D eigenvalue weighted by molar-refractivity contribution is 0.0640. The van der Waals surface area contributed by atoms with Gasteiger partial charge in [-0.3, -0.25) is 0 Å². The van der Waals surface area contributed by atoms with Crippen LogP contribution >= 0.6 is 11.6 Å². The first kappa shape index (κ1) is 15.0. The van der Waals surface area contributed by atoms with Crippen molar-refractivity contribution in [3.05, 3.63) is 38.8 Å². The van der Waals surface area contributed by atoms with E-state index < -0.39 is 18.1 Å². The summed E-state index contributed by atoms with van der Waals surface area (Å²) >= 11 is 5.93. The highest BCUT2D eigenvalue weighted by atomic mass is 35.5. The molecule has 22 heavy (non-hydrogen) atoms. The topological polar surface area (TPSA) is 49.1 Å². The Labute approximate surface area is 127 Å². The van der Waals surface area contributed by atoms with E-state index in [9.17, 15) is 18.0 Å². The van der Waals surface area contributed by atoms with Crippen molar-refractivity contribution in [2.45, 2.75) is 32.9 Å². The van der Waals surface area contributed by atoms with E-state index in [1.54, 1.807) is 6.92 Å². The van der Waals surface area contributed by atoms with E-state index >= 15 is 0 Å². The summed E-state index contributed by atoms with van der Waals surface area (Å²) in [6, 6.07) is 0.983. The molecule has 1 aromatic heterocycles. The molecule has 5 nitrogen and oxygen atoms in total. The van der Waals surface area contributed by atoms with Crippen LogP contribution in [0.25, 0.3) is 5.69 Å². The fourth-order valence-corrected chi connectivity index (χ4v) is 2.82. The Morgan fingerprint density at radius 1 is 1.50 bits per heavy atom. The zero-order valence-electron chi connectivity index (χ0n) is 11.6. The van der Waals surface area contributed by atoms with Gasteiger partial charge in [0.15, 0.2) is 5.82 Å². The molecule has 1 unspecified atom stereocenters. The molecule has 0 radical (unpaired) electrons. The van der Waals surface area contributed by atoms with Gasteiger partial charge in [0, 0.05) is 12.0 Å². The Kier molecular flexibility index (Phi) is 3.43. The van der Waals surface area contributed by atoms with Crippen LogP contribution in [0.3, 0.4) is 0 Å². The van der Waals surface area contributed by atoms with Crippen LogP contribution in [0.5, 0.6) is 5.75 Å². The van der Waals surface area contributed by atoms with E-state index in [-0.39, 0.29) is 33.0 Å². The van der Waals surface area contributed by atoms with E-state index in [2.05, 4.69) is 5.10 Å². The van der Waals surface area contributed by atoms with Crippen LogP contribution in [0.4, 0.5) is 13.2 Å². The molecular formula is C13H11ClF3N3O2. The maximum absolute atomic E-state index is 14.3. The predicted molar refractivity (Wildman–Crippen MR) is 72.6 cm³/mol. The monoisotopic (exact) mass is 333 g/mol. The number of halogens is 4. The summed E-state index contributed by atoms with van der Waals surface area (Å²) in [5.74, 6) is -0.778. The van der Waals surface area contributed by atoms with Crippen molar-refractivity contribution in [3.8, 4) is 11.4 Å². The Morgan fingerprint density at radius 2 is 2.18 bits per heavy atom. The zero-order chi connectivity index (χ0) is 16.2. The zero-order valence-corrected chi connectivity index (χ0v) is 12.4. The van der Waals surface area contributed by atoms with Gasteiger partial charge in [-0.05, 0) is 19.9 Å². The molecule has 0 saturated carbocycles. The van der Waals surface area contributed by atoms with E-state index in [1.807, 2.05) is 0 Å². The van der Waals surface area contributed by atoms with Gasteiger partial charge >= 0.3 is 12.2 Å². The van der Waals surface area contributed by atoms with E-state index in [4.69, 9.17) is 16.3 Å². The summed E-state index contributed by atoms with van der Waals surface area (Å²) in [6.07, 6.45) is 0.0388. The van der Waals surface area contributed by atoms with Crippen molar-refractivity contribution in [3.63, 3.8) is 0 Å². The minimum atomic E-state index is -3.06. The normalized spacial score (nSPS) is 17.0. The molecule has 0 bridgehead atoms. The standard InChI is InChI=1S/C13H11ClF3N3O2/c1-5-3-7-10(9(15)4-8(14)11(7)22-5)20-13(21)19(12(16)17)6(2)18-20/h4-5,12H,3H2,1-2H3. The fourth-order valence-electron chi connectivity index (χ4n) is 2.56. The third-order valence-electron chi connectivity index (χ3n) is 3.45. The second-order valence-electron chi connectivity index (χ2n) is 5.02. The molecule has 0 amide bonds. The maximum atomic E-state index is 14.3.